The Balaban J connectivity index is 0.00000336. The van der Waals surface area contributed by atoms with Gasteiger partial charge < -0.3 is 14.6 Å². The third kappa shape index (κ3) is 6.58. The molecule has 5 aromatic rings. The molecule has 3 N–H and O–H groups in total. The summed E-state index contributed by atoms with van der Waals surface area (Å²) in [4.78, 5) is 0. The first kappa shape index (κ1) is 28.2. The summed E-state index contributed by atoms with van der Waals surface area (Å²) in [6, 6.07) is 22.6. The predicted molar refractivity (Wildman–Crippen MR) is 158 cm³/mol. The standard InChI is InChI=1S/C27H26N2O5S3.ClH/c1-27(33-23-16-35-25-12-5-3-10-20(23)25,34-24-17-36-26-13-6-4-11-21(24)26)28-15-22(30)18-8-7-9-19(14-18)29-37(2,31)32;/h3-14,16-17,22,28-30H,15H2,1-2H3;1H. The Hall–Kier alpha value is -2.86. The van der Waals surface area contributed by atoms with Crippen molar-refractivity contribution < 1.29 is 23.0 Å². The van der Waals surface area contributed by atoms with Crippen molar-refractivity contribution in [2.75, 3.05) is 17.5 Å². The van der Waals surface area contributed by atoms with Crippen LogP contribution in [0.4, 0.5) is 5.69 Å². The Bertz CT molecular complexity index is 1570. The van der Waals surface area contributed by atoms with Gasteiger partial charge in [-0.05, 0) is 42.0 Å². The minimum atomic E-state index is -3.43. The Labute approximate surface area is 235 Å². The van der Waals surface area contributed by atoms with Crippen molar-refractivity contribution in [3.63, 3.8) is 0 Å². The van der Waals surface area contributed by atoms with Crippen LogP contribution in [-0.2, 0) is 10.0 Å². The molecule has 5 rings (SSSR count). The van der Waals surface area contributed by atoms with E-state index >= 15 is 0 Å². The Kier molecular flexibility index (Phi) is 8.51. The number of sulfonamides is 1. The zero-order valence-corrected chi connectivity index (χ0v) is 23.8. The van der Waals surface area contributed by atoms with Crippen LogP contribution in [0.1, 0.15) is 18.6 Å². The minimum absolute atomic E-state index is 0. The summed E-state index contributed by atoms with van der Waals surface area (Å²) in [6.45, 7) is 1.86. The molecule has 3 aromatic carbocycles. The molecule has 200 valence electrons. The second-order valence-electron chi connectivity index (χ2n) is 8.74. The van der Waals surface area contributed by atoms with Crippen LogP contribution in [0.5, 0.6) is 11.5 Å². The number of anilines is 1. The normalized spacial score (nSPS) is 12.7. The molecule has 1 unspecified atom stereocenters. The van der Waals surface area contributed by atoms with E-state index in [2.05, 4.69) is 10.0 Å². The molecule has 0 spiro atoms. The molecule has 0 aliphatic heterocycles. The highest BCUT2D eigenvalue weighted by Gasteiger charge is 2.32. The van der Waals surface area contributed by atoms with E-state index in [1.165, 1.54) is 0 Å². The maximum absolute atomic E-state index is 11.6. The van der Waals surface area contributed by atoms with Crippen LogP contribution >= 0.6 is 35.1 Å². The number of thiophene rings is 2. The van der Waals surface area contributed by atoms with Gasteiger partial charge >= 0.3 is 5.91 Å². The van der Waals surface area contributed by atoms with Crippen molar-refractivity contribution in [1.29, 1.82) is 0 Å². The monoisotopic (exact) mass is 590 g/mol. The molecule has 0 radical (unpaired) electrons. The van der Waals surface area contributed by atoms with E-state index in [4.69, 9.17) is 9.47 Å². The number of fused-ring (bicyclic) bond motifs is 2. The van der Waals surface area contributed by atoms with Crippen LogP contribution in [0.15, 0.2) is 83.6 Å². The highest BCUT2D eigenvalue weighted by molar-refractivity contribution is 7.92. The summed E-state index contributed by atoms with van der Waals surface area (Å²) < 4.78 is 40.7. The molecule has 0 aliphatic rings. The van der Waals surface area contributed by atoms with Crippen LogP contribution in [0.2, 0.25) is 0 Å². The molecule has 0 fully saturated rings. The van der Waals surface area contributed by atoms with Crippen molar-refractivity contribution >= 4 is 71.0 Å². The number of nitrogens with one attached hydrogen (secondary N) is 2. The first-order valence-corrected chi connectivity index (χ1v) is 15.2. The number of hydrogen-bond acceptors (Lipinski definition) is 8. The van der Waals surface area contributed by atoms with Gasteiger partial charge in [0, 0.05) is 50.1 Å². The van der Waals surface area contributed by atoms with Crippen molar-refractivity contribution in [2.24, 2.45) is 0 Å². The lowest BCUT2D eigenvalue weighted by Gasteiger charge is -2.32. The van der Waals surface area contributed by atoms with Gasteiger partial charge in [-0.3, -0.25) is 4.72 Å². The molecule has 2 heterocycles. The summed E-state index contributed by atoms with van der Waals surface area (Å²) in [5.41, 5.74) is 0.925. The van der Waals surface area contributed by atoms with Gasteiger partial charge in [-0.25, -0.2) is 13.7 Å². The number of benzene rings is 3. The van der Waals surface area contributed by atoms with E-state index < -0.39 is 22.0 Å². The average Bonchev–Trinajstić information content (AvgIpc) is 3.46. The van der Waals surface area contributed by atoms with E-state index in [9.17, 15) is 13.5 Å². The second-order valence-corrected chi connectivity index (χ2v) is 12.3. The number of halogens is 1. The molecule has 11 heteroatoms. The van der Waals surface area contributed by atoms with Crippen molar-refractivity contribution in [2.45, 2.75) is 18.9 Å². The number of hydrogen-bond donors (Lipinski definition) is 3. The van der Waals surface area contributed by atoms with E-state index in [1.54, 1.807) is 53.9 Å². The highest BCUT2D eigenvalue weighted by atomic mass is 35.5. The number of rotatable bonds is 10. The molecule has 7 nitrogen and oxygen atoms in total. The lowest BCUT2D eigenvalue weighted by atomic mass is 10.1. The van der Waals surface area contributed by atoms with Gasteiger partial charge in [0.25, 0.3) is 0 Å². The smallest absolute Gasteiger partial charge is 0.310 e. The number of aliphatic hydroxyl groups excluding tert-OH is 1. The van der Waals surface area contributed by atoms with E-state index in [1.807, 2.05) is 59.3 Å². The van der Waals surface area contributed by atoms with Gasteiger partial charge in [-0.1, -0.05) is 36.4 Å². The van der Waals surface area contributed by atoms with Gasteiger partial charge in [-0.2, -0.15) is 0 Å². The quantitative estimate of drug-likeness (QED) is 0.164. The molecular weight excluding hydrogens is 564 g/mol. The fourth-order valence-corrected chi connectivity index (χ4v) is 6.28. The van der Waals surface area contributed by atoms with Crippen LogP contribution in [0, 0.1) is 0 Å². The van der Waals surface area contributed by atoms with Crippen molar-refractivity contribution in [3.05, 3.63) is 89.1 Å². The van der Waals surface area contributed by atoms with Gasteiger partial charge in [0.1, 0.15) is 11.5 Å². The molecule has 0 aliphatic carbocycles. The molecule has 0 saturated carbocycles. The zero-order valence-electron chi connectivity index (χ0n) is 20.6. The van der Waals surface area contributed by atoms with Gasteiger partial charge in [0.15, 0.2) is 0 Å². The first-order chi connectivity index (χ1) is 17.7. The Morgan fingerprint density at radius 1 is 0.895 bits per heavy atom. The topological polar surface area (TPSA) is 96.9 Å². The third-order valence-electron chi connectivity index (χ3n) is 5.69. The van der Waals surface area contributed by atoms with E-state index in [0.29, 0.717) is 22.7 Å². The maximum Gasteiger partial charge on any atom is 0.310 e. The van der Waals surface area contributed by atoms with E-state index in [0.717, 1.165) is 26.4 Å². The fourth-order valence-electron chi connectivity index (χ4n) is 4.00. The highest BCUT2D eigenvalue weighted by Crippen LogP contribution is 2.37. The molecule has 1 atom stereocenters. The van der Waals surface area contributed by atoms with Gasteiger partial charge in [0.2, 0.25) is 10.0 Å². The Morgan fingerprint density at radius 2 is 1.45 bits per heavy atom. The van der Waals surface area contributed by atoms with E-state index in [-0.39, 0.29) is 19.0 Å². The average molecular weight is 591 g/mol. The van der Waals surface area contributed by atoms with Crippen LogP contribution in [-0.4, -0.2) is 32.2 Å². The lowest BCUT2D eigenvalue weighted by molar-refractivity contribution is -0.127. The van der Waals surface area contributed by atoms with Crippen molar-refractivity contribution in [1.82, 2.24) is 5.32 Å². The molecule has 2 aromatic heterocycles. The number of aliphatic hydroxyl groups is 1. The number of ether oxygens (including phenoxy) is 2. The molecule has 0 saturated heterocycles. The fraction of sp³-hybridized carbons (Fsp3) is 0.185. The molecule has 0 amide bonds. The zero-order chi connectivity index (χ0) is 26.0. The lowest BCUT2D eigenvalue weighted by Crippen LogP contribution is -2.53. The van der Waals surface area contributed by atoms with Crippen molar-refractivity contribution in [3.8, 4) is 11.5 Å². The van der Waals surface area contributed by atoms with Crippen LogP contribution in [0.25, 0.3) is 20.2 Å². The van der Waals surface area contributed by atoms with Gasteiger partial charge in [-0.15, -0.1) is 35.1 Å². The SMILES string of the molecule is CC(NCC(O)c1cccc(NS(C)(=O)=O)c1)(Oc1csc2ccccc12)Oc1csc2ccccc12.Cl. The van der Waals surface area contributed by atoms with Gasteiger partial charge in [0.05, 0.1) is 12.4 Å². The second kappa shape index (κ2) is 11.5. The first-order valence-electron chi connectivity index (χ1n) is 11.5. The summed E-state index contributed by atoms with van der Waals surface area (Å²) in [5, 5.41) is 20.0. The summed E-state index contributed by atoms with van der Waals surface area (Å²) in [6.07, 6.45) is 0.131. The van der Waals surface area contributed by atoms with Crippen LogP contribution < -0.4 is 19.5 Å². The minimum Gasteiger partial charge on any atom is -0.438 e. The summed E-state index contributed by atoms with van der Waals surface area (Å²) >= 11 is 3.16. The summed E-state index contributed by atoms with van der Waals surface area (Å²) in [7, 11) is -3.43. The Morgan fingerprint density at radius 3 is 2.00 bits per heavy atom. The predicted octanol–water partition coefficient (Wildman–Crippen LogP) is 6.36. The molecule has 38 heavy (non-hydrogen) atoms. The maximum atomic E-state index is 11.6. The third-order valence-corrected chi connectivity index (χ3v) is 8.18. The van der Waals surface area contributed by atoms with Crippen LogP contribution in [0.3, 0.4) is 0 Å². The summed E-state index contributed by atoms with van der Waals surface area (Å²) in [5.74, 6) is 0.0186. The molecule has 0 bridgehead atoms. The largest absolute Gasteiger partial charge is 0.438 e. The molecular formula is C27H27ClN2O5S3.